The maximum absolute atomic E-state index is 13.4. The van der Waals surface area contributed by atoms with Gasteiger partial charge in [0.25, 0.3) is 11.6 Å². The monoisotopic (exact) mass is 706 g/mol. The van der Waals surface area contributed by atoms with Crippen molar-refractivity contribution >= 4 is 33.2 Å². The number of nitro groups is 1. The summed E-state index contributed by atoms with van der Waals surface area (Å²) in [5.41, 5.74) is -5.90. The molecule has 0 aliphatic carbocycles. The zero-order valence-electron chi connectivity index (χ0n) is 24.8. The number of unbranched alkanes of at least 4 members (excludes halogenated alkanes) is 3. The summed E-state index contributed by atoms with van der Waals surface area (Å²) in [6.07, 6.45) is -5.08. The molecule has 1 amide bonds. The number of nitrogens with zero attached hydrogens (tertiary/aromatic N) is 2. The number of nitro benzene ring substituents is 1. The summed E-state index contributed by atoms with van der Waals surface area (Å²) in [4.78, 5) is 20.8. The van der Waals surface area contributed by atoms with Gasteiger partial charge in [0.15, 0.2) is 0 Å². The van der Waals surface area contributed by atoms with Crippen molar-refractivity contribution in [1.29, 1.82) is 0 Å². The molecule has 0 spiro atoms. The van der Waals surface area contributed by atoms with Crippen LogP contribution in [0.4, 0.5) is 42.1 Å². The number of benzene rings is 2. The minimum absolute atomic E-state index is 0. The molecule has 0 heterocycles. The van der Waals surface area contributed by atoms with Crippen molar-refractivity contribution < 1.29 is 50.4 Å². The highest BCUT2D eigenvalue weighted by atomic mass is 79.9. The minimum Gasteiger partial charge on any atom is -0.412 e. The maximum Gasteiger partial charge on any atom is 0.441 e. The van der Waals surface area contributed by atoms with Crippen molar-refractivity contribution in [3.63, 3.8) is 0 Å². The highest BCUT2D eigenvalue weighted by Gasteiger charge is 2.77. The zero-order valence-corrected chi connectivity index (χ0v) is 26.4. The van der Waals surface area contributed by atoms with Gasteiger partial charge >= 0.3 is 18.0 Å². The summed E-state index contributed by atoms with van der Waals surface area (Å²) in [5.74, 6) is -3.02. The van der Waals surface area contributed by atoms with Crippen molar-refractivity contribution in [3.8, 4) is 0 Å². The van der Waals surface area contributed by atoms with E-state index in [1.807, 2.05) is 0 Å². The number of anilines is 1. The summed E-state index contributed by atoms with van der Waals surface area (Å²) >= 11 is 2.61. The number of carbonyl (C=O) groups excluding carboxylic acids is 1. The van der Waals surface area contributed by atoms with Crippen LogP contribution >= 0.6 is 15.9 Å². The Morgan fingerprint density at radius 3 is 1.66 bits per heavy atom. The van der Waals surface area contributed by atoms with E-state index < -0.39 is 44.7 Å². The van der Waals surface area contributed by atoms with Gasteiger partial charge in [-0.05, 0) is 41.3 Å². The number of hydrogen-bond acceptors (Lipinski definition) is 3. The molecule has 0 aromatic heterocycles. The quantitative estimate of drug-likeness (QED) is 0.0920. The maximum atomic E-state index is 13.4. The summed E-state index contributed by atoms with van der Waals surface area (Å²) in [5, 5.41) is 11.6. The van der Waals surface area contributed by atoms with Gasteiger partial charge in [0.2, 0.25) is 0 Å². The molecule has 15 heteroatoms. The van der Waals surface area contributed by atoms with Crippen LogP contribution in [-0.4, -0.2) is 58.4 Å². The lowest BCUT2D eigenvalue weighted by Gasteiger charge is -2.39. The van der Waals surface area contributed by atoms with E-state index in [1.165, 1.54) is 74.8 Å². The Labute approximate surface area is 261 Å². The Morgan fingerprint density at radius 2 is 1.30 bits per heavy atom. The predicted molar refractivity (Wildman–Crippen MR) is 159 cm³/mol. The van der Waals surface area contributed by atoms with E-state index in [-0.39, 0.29) is 5.48 Å². The molecule has 2 rings (SSSR count). The van der Waals surface area contributed by atoms with Crippen LogP contribution in [0.3, 0.4) is 0 Å². The molecule has 3 N–H and O–H groups in total. The smallest absolute Gasteiger partial charge is 0.412 e. The first kappa shape index (κ1) is 41.2. The van der Waals surface area contributed by atoms with Crippen LogP contribution in [-0.2, 0) is 11.3 Å². The molecular weight excluding hydrogens is 667 g/mol. The van der Waals surface area contributed by atoms with Crippen molar-refractivity contribution in [3.05, 3.63) is 68.7 Å². The molecule has 0 atom stereocenters. The largest absolute Gasteiger partial charge is 0.441 e. The Kier molecular flexibility index (Phi) is 17.1. The highest BCUT2D eigenvalue weighted by Crippen LogP contribution is 2.47. The number of nitrogens with one attached hydrogen (secondary N) is 1. The van der Waals surface area contributed by atoms with Gasteiger partial charge < -0.3 is 15.3 Å². The third kappa shape index (κ3) is 11.6. The molecule has 0 aliphatic rings. The van der Waals surface area contributed by atoms with Gasteiger partial charge in [0.1, 0.15) is 6.54 Å². The average molecular weight is 708 g/mol. The fourth-order valence-corrected chi connectivity index (χ4v) is 4.84. The topological polar surface area (TPSA) is 104 Å². The molecule has 0 aliphatic heterocycles. The van der Waals surface area contributed by atoms with E-state index >= 15 is 0 Å². The second-order valence-electron chi connectivity index (χ2n) is 10.2. The summed E-state index contributed by atoms with van der Waals surface area (Å²) in [7, 11) is 0. The van der Waals surface area contributed by atoms with Gasteiger partial charge in [0.05, 0.1) is 30.2 Å². The van der Waals surface area contributed by atoms with Crippen LogP contribution in [0.15, 0.2) is 53.0 Å². The molecule has 7 nitrogen and oxygen atoms in total. The Bertz CT molecular complexity index is 1130. The summed E-state index contributed by atoms with van der Waals surface area (Å²) in [6, 6.07) is 13.1. The number of quaternary nitrogens is 1. The molecule has 0 saturated carbocycles. The van der Waals surface area contributed by atoms with Gasteiger partial charge in [-0.1, -0.05) is 70.4 Å². The SMILES string of the molecule is CCCC[N+](CCCC)(CCCC)Cc1ccccc1.O.O=C(Nc1ccc([N+](=O)[O-])cc1Br)C(F)(C(F)(F)F)C(F)(F)F. The van der Waals surface area contributed by atoms with Crippen LogP contribution in [0.5, 0.6) is 0 Å². The zero-order chi connectivity index (χ0) is 32.9. The summed E-state index contributed by atoms with van der Waals surface area (Å²) in [6.45, 7) is 12.2. The third-order valence-electron chi connectivity index (χ3n) is 6.82. The number of alkyl halides is 7. The van der Waals surface area contributed by atoms with Gasteiger partial charge in [-0.25, -0.2) is 4.39 Å². The van der Waals surface area contributed by atoms with Crippen LogP contribution in [0.1, 0.15) is 64.9 Å². The Hall–Kier alpha value is -2.78. The van der Waals surface area contributed by atoms with E-state index in [0.29, 0.717) is 18.2 Å². The van der Waals surface area contributed by atoms with E-state index in [0.717, 1.165) is 5.32 Å². The summed E-state index contributed by atoms with van der Waals surface area (Å²) < 4.78 is 88.5. The number of non-ortho nitro benzene ring substituents is 1. The molecular formula is C29H40BrF7N3O4+. The van der Waals surface area contributed by atoms with Crippen molar-refractivity contribution in [2.45, 2.75) is 83.9 Å². The number of halogens is 8. The lowest BCUT2D eigenvalue weighted by Crippen LogP contribution is -2.60. The van der Waals surface area contributed by atoms with Gasteiger partial charge in [-0.15, -0.1) is 0 Å². The standard InChI is InChI=1S/C19H34N.C10H4BrF7N2O3.H2O/c1-4-7-15-20(16-8-5-2,17-9-6-3)18-19-13-11-10-12-14-19;11-5-3-4(20(22)23)1-2-6(5)19-7(21)8(12,9(13,14)15)10(16,17)18;/h10-14H,4-9,15-18H2,1-3H3;1-3H,(H,19,21);1H2/q+1;;. The molecule has 2 aromatic carbocycles. The molecule has 0 saturated heterocycles. The van der Waals surface area contributed by atoms with Crippen molar-refractivity contribution in [2.24, 2.45) is 0 Å². The van der Waals surface area contributed by atoms with Gasteiger partial charge in [0, 0.05) is 22.2 Å². The fraction of sp³-hybridized carbons (Fsp3) is 0.552. The number of amides is 1. The third-order valence-corrected chi connectivity index (χ3v) is 7.48. The van der Waals surface area contributed by atoms with Gasteiger partial charge in [-0.2, -0.15) is 26.3 Å². The molecule has 0 bridgehead atoms. The molecule has 44 heavy (non-hydrogen) atoms. The second kappa shape index (κ2) is 18.3. The molecule has 0 unspecified atom stereocenters. The first-order chi connectivity index (χ1) is 20.0. The molecule has 0 radical (unpaired) electrons. The average Bonchev–Trinajstić information content (AvgIpc) is 2.93. The first-order valence-corrected chi connectivity index (χ1v) is 14.7. The molecule has 2 aromatic rings. The molecule has 0 fully saturated rings. The first-order valence-electron chi connectivity index (χ1n) is 13.9. The van der Waals surface area contributed by atoms with E-state index in [9.17, 15) is 45.6 Å². The van der Waals surface area contributed by atoms with E-state index in [2.05, 4.69) is 67.0 Å². The van der Waals surface area contributed by atoms with Crippen molar-refractivity contribution in [1.82, 2.24) is 0 Å². The van der Waals surface area contributed by atoms with E-state index in [1.54, 1.807) is 0 Å². The normalized spacial score (nSPS) is 12.1. The lowest BCUT2D eigenvalue weighted by molar-refractivity contribution is -0.941. The highest BCUT2D eigenvalue weighted by molar-refractivity contribution is 9.10. The predicted octanol–water partition coefficient (Wildman–Crippen LogP) is 8.71. The number of hydrogen-bond donors (Lipinski definition) is 1. The van der Waals surface area contributed by atoms with Crippen LogP contribution in [0, 0.1) is 10.1 Å². The van der Waals surface area contributed by atoms with Crippen LogP contribution < -0.4 is 5.32 Å². The second-order valence-corrected chi connectivity index (χ2v) is 11.1. The lowest BCUT2D eigenvalue weighted by atomic mass is 10.0. The van der Waals surface area contributed by atoms with Gasteiger partial charge in [-0.3, -0.25) is 14.9 Å². The minimum atomic E-state index is -6.55. The Morgan fingerprint density at radius 1 is 0.841 bits per heavy atom. The van der Waals surface area contributed by atoms with Crippen LogP contribution in [0.2, 0.25) is 0 Å². The fourth-order valence-electron chi connectivity index (χ4n) is 4.37. The number of rotatable bonds is 14. The van der Waals surface area contributed by atoms with Crippen molar-refractivity contribution in [2.75, 3.05) is 25.0 Å². The molecule has 250 valence electrons. The van der Waals surface area contributed by atoms with Crippen LogP contribution in [0.25, 0.3) is 0 Å². The van der Waals surface area contributed by atoms with E-state index in [4.69, 9.17) is 0 Å². The Balaban J connectivity index is 0.000000829. The number of carbonyl (C=O) groups is 1.